The molecule has 0 saturated heterocycles. The second-order valence-electron chi connectivity index (χ2n) is 4.16. The normalized spacial score (nSPS) is 14.2. The predicted molar refractivity (Wildman–Crippen MR) is 63.1 cm³/mol. The first-order valence-corrected chi connectivity index (χ1v) is 5.58. The van der Waals surface area contributed by atoms with Crippen LogP contribution in [0.1, 0.15) is 39.5 Å². The molecular formula is C12H21NO3. The van der Waals surface area contributed by atoms with Gasteiger partial charge in [0, 0.05) is 6.04 Å². The van der Waals surface area contributed by atoms with E-state index in [0.29, 0.717) is 12.8 Å². The number of carboxylic acids is 1. The third-order valence-corrected chi connectivity index (χ3v) is 2.52. The van der Waals surface area contributed by atoms with Crippen LogP contribution in [-0.4, -0.2) is 22.9 Å². The van der Waals surface area contributed by atoms with Gasteiger partial charge in [-0.1, -0.05) is 19.9 Å². The maximum atomic E-state index is 11.5. The van der Waals surface area contributed by atoms with Crippen LogP contribution in [0.15, 0.2) is 12.2 Å². The lowest BCUT2D eigenvalue weighted by Gasteiger charge is -2.14. The molecule has 0 aromatic carbocycles. The Balaban J connectivity index is 4.31. The van der Waals surface area contributed by atoms with Gasteiger partial charge in [0.1, 0.15) is 5.92 Å². The van der Waals surface area contributed by atoms with Gasteiger partial charge in [0.05, 0.1) is 0 Å². The Bertz CT molecular complexity index is 273. The smallest absolute Gasteiger partial charge is 0.314 e. The van der Waals surface area contributed by atoms with Crippen molar-refractivity contribution in [1.29, 1.82) is 0 Å². The van der Waals surface area contributed by atoms with Crippen molar-refractivity contribution in [2.75, 3.05) is 0 Å². The summed E-state index contributed by atoms with van der Waals surface area (Å²) in [6, 6.07) is -0.0234. The molecule has 16 heavy (non-hydrogen) atoms. The minimum Gasteiger partial charge on any atom is -0.481 e. The van der Waals surface area contributed by atoms with E-state index in [2.05, 4.69) is 6.58 Å². The van der Waals surface area contributed by atoms with Gasteiger partial charge in [0.25, 0.3) is 0 Å². The van der Waals surface area contributed by atoms with Crippen LogP contribution in [0, 0.1) is 5.92 Å². The number of ketones is 1. The molecule has 2 atom stereocenters. The molecule has 0 radical (unpaired) electrons. The first kappa shape index (κ1) is 14.8. The molecule has 0 fully saturated rings. The molecule has 0 aromatic heterocycles. The second kappa shape index (κ2) is 7.17. The molecule has 0 rings (SSSR count). The van der Waals surface area contributed by atoms with Crippen LogP contribution in [0.2, 0.25) is 0 Å². The van der Waals surface area contributed by atoms with Crippen molar-refractivity contribution in [3.05, 3.63) is 12.2 Å². The molecule has 0 aromatic rings. The summed E-state index contributed by atoms with van der Waals surface area (Å²) < 4.78 is 0. The van der Waals surface area contributed by atoms with Gasteiger partial charge in [0.2, 0.25) is 0 Å². The molecule has 0 aliphatic rings. The molecule has 0 heterocycles. The zero-order chi connectivity index (χ0) is 12.7. The van der Waals surface area contributed by atoms with E-state index < -0.39 is 17.7 Å². The van der Waals surface area contributed by atoms with Crippen LogP contribution in [0.5, 0.6) is 0 Å². The number of Topliss-reactive ketones (excluding diaryl/α,β-unsaturated/α-hetero) is 1. The number of allylic oxidation sites excluding steroid dienone is 1. The first-order chi connectivity index (χ1) is 7.40. The molecule has 0 bridgehead atoms. The van der Waals surface area contributed by atoms with Gasteiger partial charge in [-0.05, 0) is 31.8 Å². The fourth-order valence-electron chi connectivity index (χ4n) is 1.56. The maximum Gasteiger partial charge on any atom is 0.314 e. The monoisotopic (exact) mass is 227 g/mol. The van der Waals surface area contributed by atoms with Gasteiger partial charge in [-0.3, -0.25) is 9.59 Å². The van der Waals surface area contributed by atoms with Crippen molar-refractivity contribution in [1.82, 2.24) is 0 Å². The summed E-state index contributed by atoms with van der Waals surface area (Å²) in [6.07, 6.45) is 2.67. The highest BCUT2D eigenvalue weighted by molar-refractivity contribution is 6.07. The van der Waals surface area contributed by atoms with E-state index in [-0.39, 0.29) is 11.6 Å². The lowest BCUT2D eigenvalue weighted by molar-refractivity contribution is -0.145. The number of rotatable bonds is 8. The molecule has 4 nitrogen and oxygen atoms in total. The Hall–Kier alpha value is -1.16. The van der Waals surface area contributed by atoms with Gasteiger partial charge in [-0.15, -0.1) is 0 Å². The lowest BCUT2D eigenvalue weighted by Crippen LogP contribution is -2.28. The van der Waals surface area contributed by atoms with Crippen molar-refractivity contribution in [2.45, 2.75) is 45.6 Å². The van der Waals surface area contributed by atoms with E-state index in [1.807, 2.05) is 6.92 Å². The number of hydrogen-bond acceptors (Lipinski definition) is 3. The quantitative estimate of drug-likeness (QED) is 0.489. The van der Waals surface area contributed by atoms with Gasteiger partial charge in [-0.2, -0.15) is 0 Å². The SMILES string of the molecule is C=C(C)C(=O)C(CCC(N)CCC)C(=O)O. The Kier molecular flexibility index (Phi) is 6.65. The van der Waals surface area contributed by atoms with Crippen molar-refractivity contribution in [3.63, 3.8) is 0 Å². The molecule has 0 amide bonds. The fourth-order valence-corrected chi connectivity index (χ4v) is 1.56. The van der Waals surface area contributed by atoms with Crippen molar-refractivity contribution >= 4 is 11.8 Å². The molecule has 3 N–H and O–H groups in total. The van der Waals surface area contributed by atoms with Crippen LogP contribution in [0.3, 0.4) is 0 Å². The molecule has 2 unspecified atom stereocenters. The fraction of sp³-hybridized carbons (Fsp3) is 0.667. The largest absolute Gasteiger partial charge is 0.481 e. The Labute approximate surface area is 96.5 Å². The lowest BCUT2D eigenvalue weighted by atomic mass is 9.92. The molecule has 4 heteroatoms. The number of aliphatic carboxylic acids is 1. The van der Waals surface area contributed by atoms with E-state index in [4.69, 9.17) is 10.8 Å². The summed E-state index contributed by atoms with van der Waals surface area (Å²) in [6.45, 7) is 7.03. The third kappa shape index (κ3) is 5.07. The predicted octanol–water partition coefficient (Wildman–Crippen LogP) is 1.74. The molecule has 0 spiro atoms. The molecular weight excluding hydrogens is 206 g/mol. The van der Waals surface area contributed by atoms with Crippen LogP contribution in [0.25, 0.3) is 0 Å². The molecule has 0 aliphatic heterocycles. The summed E-state index contributed by atoms with van der Waals surface area (Å²) in [5.41, 5.74) is 6.07. The Morgan fingerprint density at radius 3 is 2.25 bits per heavy atom. The molecule has 0 saturated carbocycles. The highest BCUT2D eigenvalue weighted by Gasteiger charge is 2.26. The zero-order valence-electron chi connectivity index (χ0n) is 10.0. The number of hydrogen-bond donors (Lipinski definition) is 2. The minimum absolute atomic E-state index is 0.0234. The zero-order valence-corrected chi connectivity index (χ0v) is 10.0. The van der Waals surface area contributed by atoms with Crippen LogP contribution in [0.4, 0.5) is 0 Å². The average Bonchev–Trinajstić information content (AvgIpc) is 2.17. The standard InChI is InChI=1S/C12H21NO3/c1-4-5-9(13)6-7-10(12(15)16)11(14)8(2)3/h9-10H,2,4-7,13H2,1,3H3,(H,15,16). The van der Waals surface area contributed by atoms with Gasteiger partial charge in [0.15, 0.2) is 5.78 Å². The first-order valence-electron chi connectivity index (χ1n) is 5.58. The Morgan fingerprint density at radius 1 is 1.31 bits per heavy atom. The topological polar surface area (TPSA) is 80.4 Å². The van der Waals surface area contributed by atoms with E-state index in [1.54, 1.807) is 0 Å². The van der Waals surface area contributed by atoms with Crippen molar-refractivity contribution in [3.8, 4) is 0 Å². The van der Waals surface area contributed by atoms with E-state index in [9.17, 15) is 9.59 Å². The van der Waals surface area contributed by atoms with Gasteiger partial charge in [-0.25, -0.2) is 0 Å². The highest BCUT2D eigenvalue weighted by Crippen LogP contribution is 2.15. The maximum absolute atomic E-state index is 11.5. The number of carboxylic acid groups (broad SMARTS) is 1. The van der Waals surface area contributed by atoms with E-state index in [1.165, 1.54) is 6.92 Å². The second-order valence-corrected chi connectivity index (χ2v) is 4.16. The summed E-state index contributed by atoms with van der Waals surface area (Å²) in [5.74, 6) is -2.46. The summed E-state index contributed by atoms with van der Waals surface area (Å²) in [5, 5.41) is 8.93. The van der Waals surface area contributed by atoms with Crippen LogP contribution in [-0.2, 0) is 9.59 Å². The summed E-state index contributed by atoms with van der Waals surface area (Å²) >= 11 is 0. The average molecular weight is 227 g/mol. The number of carbonyl (C=O) groups is 2. The molecule has 0 aliphatic carbocycles. The van der Waals surface area contributed by atoms with Crippen molar-refractivity contribution < 1.29 is 14.7 Å². The van der Waals surface area contributed by atoms with Gasteiger partial charge >= 0.3 is 5.97 Å². The highest BCUT2D eigenvalue weighted by atomic mass is 16.4. The summed E-state index contributed by atoms with van der Waals surface area (Å²) in [7, 11) is 0. The Morgan fingerprint density at radius 2 is 1.88 bits per heavy atom. The molecule has 92 valence electrons. The van der Waals surface area contributed by atoms with E-state index >= 15 is 0 Å². The van der Waals surface area contributed by atoms with Gasteiger partial charge < -0.3 is 10.8 Å². The third-order valence-electron chi connectivity index (χ3n) is 2.52. The minimum atomic E-state index is -1.09. The van der Waals surface area contributed by atoms with Crippen molar-refractivity contribution in [2.24, 2.45) is 11.7 Å². The van der Waals surface area contributed by atoms with E-state index in [0.717, 1.165) is 12.8 Å². The van der Waals surface area contributed by atoms with Crippen LogP contribution >= 0.6 is 0 Å². The van der Waals surface area contributed by atoms with Crippen LogP contribution < -0.4 is 5.73 Å². The summed E-state index contributed by atoms with van der Waals surface area (Å²) in [4.78, 5) is 22.4. The number of carbonyl (C=O) groups excluding carboxylic acids is 1. The number of nitrogens with two attached hydrogens (primary N) is 1.